The number of rotatable bonds is 11. The zero-order valence-electron chi connectivity index (χ0n) is 28.2. The van der Waals surface area contributed by atoms with Gasteiger partial charge in [-0.1, -0.05) is 6.92 Å². The SMILES string of the molecule is CCC1(OC(=O)C(C)(C)C(C)(C(=O)OC2CCOC2=O)C(C)(C)C(=O)OCCC2(O)CC3CCC2C3)C2CC3CC(C2)CC1C3. The van der Waals surface area contributed by atoms with Crippen LogP contribution in [-0.2, 0) is 38.1 Å². The number of hydrogen-bond donors (Lipinski definition) is 1. The highest BCUT2D eigenvalue weighted by Gasteiger charge is 2.67. The van der Waals surface area contributed by atoms with E-state index in [0.717, 1.165) is 51.4 Å². The molecule has 5 atom stereocenters. The third-order valence-electron chi connectivity index (χ3n) is 14.1. The van der Waals surface area contributed by atoms with Crippen LogP contribution >= 0.6 is 0 Å². The fourth-order valence-electron chi connectivity index (χ4n) is 10.9. The van der Waals surface area contributed by atoms with Crippen molar-refractivity contribution in [2.45, 2.75) is 136 Å². The summed E-state index contributed by atoms with van der Waals surface area (Å²) in [4.78, 5) is 55.1. The molecular formula is C36H54O9. The minimum absolute atomic E-state index is 0.0115. The predicted molar refractivity (Wildman–Crippen MR) is 163 cm³/mol. The summed E-state index contributed by atoms with van der Waals surface area (Å²) in [5.41, 5.74) is -6.30. The maximum atomic E-state index is 14.5. The Kier molecular flexibility index (Phi) is 8.18. The topological polar surface area (TPSA) is 125 Å². The molecule has 0 aromatic heterocycles. The molecule has 5 unspecified atom stereocenters. The Balaban J connectivity index is 1.25. The molecular weight excluding hydrogens is 576 g/mol. The minimum Gasteiger partial charge on any atom is -0.465 e. The molecule has 6 bridgehead atoms. The van der Waals surface area contributed by atoms with Crippen molar-refractivity contribution in [1.82, 2.24) is 0 Å². The van der Waals surface area contributed by atoms with Crippen LogP contribution in [-0.4, -0.2) is 59.5 Å². The summed E-state index contributed by atoms with van der Waals surface area (Å²) >= 11 is 0. The lowest BCUT2D eigenvalue weighted by Gasteiger charge is -2.61. The first-order chi connectivity index (χ1) is 21.1. The van der Waals surface area contributed by atoms with Crippen molar-refractivity contribution >= 4 is 23.9 Å². The predicted octanol–water partition coefficient (Wildman–Crippen LogP) is 5.54. The molecule has 7 rings (SSSR count). The van der Waals surface area contributed by atoms with E-state index in [1.165, 1.54) is 6.42 Å². The van der Waals surface area contributed by atoms with E-state index in [0.29, 0.717) is 42.4 Å². The summed E-state index contributed by atoms with van der Waals surface area (Å²) in [7, 11) is 0. The van der Waals surface area contributed by atoms with Crippen molar-refractivity contribution in [3.8, 4) is 0 Å². The highest BCUT2D eigenvalue weighted by atomic mass is 16.6. The maximum absolute atomic E-state index is 14.5. The van der Waals surface area contributed by atoms with E-state index < -0.39 is 57.4 Å². The van der Waals surface area contributed by atoms with E-state index in [1.807, 2.05) is 0 Å². The molecule has 0 aromatic rings. The molecule has 6 saturated carbocycles. The quantitative estimate of drug-likeness (QED) is 0.231. The second-order valence-corrected chi connectivity index (χ2v) is 16.8. The van der Waals surface area contributed by atoms with Crippen LogP contribution < -0.4 is 0 Å². The third-order valence-corrected chi connectivity index (χ3v) is 14.1. The summed E-state index contributed by atoms with van der Waals surface area (Å²) in [6, 6.07) is 0. The van der Waals surface area contributed by atoms with Gasteiger partial charge in [-0.15, -0.1) is 0 Å². The van der Waals surface area contributed by atoms with Crippen molar-refractivity contribution in [2.75, 3.05) is 13.2 Å². The largest absolute Gasteiger partial charge is 0.465 e. The second-order valence-electron chi connectivity index (χ2n) is 16.8. The second kappa shape index (κ2) is 11.2. The Morgan fingerprint density at radius 2 is 1.42 bits per heavy atom. The van der Waals surface area contributed by atoms with Gasteiger partial charge in [0, 0.05) is 12.8 Å². The summed E-state index contributed by atoms with van der Waals surface area (Å²) < 4.78 is 23.3. The van der Waals surface area contributed by atoms with Crippen LogP contribution in [0, 0.1) is 51.8 Å². The van der Waals surface area contributed by atoms with Gasteiger partial charge in [-0.25, -0.2) is 4.79 Å². The Morgan fingerprint density at radius 3 is 1.93 bits per heavy atom. The molecule has 1 saturated heterocycles. The van der Waals surface area contributed by atoms with E-state index in [-0.39, 0.29) is 25.6 Å². The summed E-state index contributed by atoms with van der Waals surface area (Å²) in [5.74, 6) is 0.0466. The number of ether oxygens (including phenoxy) is 4. The van der Waals surface area contributed by atoms with Gasteiger partial charge in [0.1, 0.15) is 5.60 Å². The van der Waals surface area contributed by atoms with Gasteiger partial charge in [-0.05, 0) is 134 Å². The molecule has 1 N–H and O–H groups in total. The molecule has 7 fully saturated rings. The molecule has 0 spiro atoms. The standard InChI is InChI=1S/C36H54O9/c1-7-36(25-16-22-14-23(18-25)19-26(36)17-22)45-30(39)33(4,5)34(6,31(40)44-27-10-12-42-28(27)37)32(2,3)29(38)43-13-11-35(41)20-21-8-9-24(35)15-21/h21-27,41H,7-20H2,1-6H3. The summed E-state index contributed by atoms with van der Waals surface area (Å²) in [6.45, 7) is 10.3. The first kappa shape index (κ1) is 32.8. The van der Waals surface area contributed by atoms with E-state index >= 15 is 0 Å². The minimum atomic E-state index is -1.78. The van der Waals surface area contributed by atoms with Gasteiger partial charge in [-0.3, -0.25) is 14.4 Å². The van der Waals surface area contributed by atoms with Crippen LogP contribution in [0.4, 0.5) is 0 Å². The van der Waals surface area contributed by atoms with Crippen LogP contribution in [0.2, 0.25) is 0 Å². The average Bonchev–Trinajstić information content (AvgIpc) is 3.70. The zero-order valence-corrected chi connectivity index (χ0v) is 28.2. The lowest BCUT2D eigenvalue weighted by molar-refractivity contribution is -0.231. The Morgan fingerprint density at radius 1 is 0.822 bits per heavy atom. The van der Waals surface area contributed by atoms with Crippen molar-refractivity contribution in [3.05, 3.63) is 0 Å². The van der Waals surface area contributed by atoms with Crippen LogP contribution in [0.15, 0.2) is 0 Å². The van der Waals surface area contributed by atoms with Crippen molar-refractivity contribution < 1.29 is 43.2 Å². The van der Waals surface area contributed by atoms with Gasteiger partial charge in [0.05, 0.1) is 35.1 Å². The van der Waals surface area contributed by atoms with Crippen LogP contribution in [0.5, 0.6) is 0 Å². The fraction of sp³-hybridized carbons (Fsp3) is 0.889. The fourth-order valence-corrected chi connectivity index (χ4v) is 10.9. The number of fused-ring (bicyclic) bond motifs is 2. The lowest BCUT2D eigenvalue weighted by atomic mass is 9.49. The van der Waals surface area contributed by atoms with Crippen LogP contribution in [0.3, 0.4) is 0 Å². The highest BCUT2D eigenvalue weighted by Crippen LogP contribution is 2.62. The first-order valence-corrected chi connectivity index (χ1v) is 17.6. The normalized spacial score (nSPS) is 39.8. The van der Waals surface area contributed by atoms with Gasteiger partial charge in [0.25, 0.3) is 0 Å². The molecule has 0 amide bonds. The smallest absolute Gasteiger partial charge is 0.347 e. The monoisotopic (exact) mass is 630 g/mol. The molecule has 6 aliphatic carbocycles. The summed E-state index contributed by atoms with van der Waals surface area (Å²) in [6.07, 6.45) is 9.53. The number of carbonyl (C=O) groups excluding carboxylic acids is 4. The lowest BCUT2D eigenvalue weighted by Crippen LogP contribution is -2.63. The van der Waals surface area contributed by atoms with Gasteiger partial charge >= 0.3 is 23.9 Å². The number of carbonyl (C=O) groups is 4. The van der Waals surface area contributed by atoms with Crippen LogP contribution in [0.1, 0.15) is 119 Å². The number of aliphatic hydroxyl groups is 1. The molecule has 9 nitrogen and oxygen atoms in total. The van der Waals surface area contributed by atoms with Crippen molar-refractivity contribution in [1.29, 1.82) is 0 Å². The van der Waals surface area contributed by atoms with E-state index in [4.69, 9.17) is 18.9 Å². The molecule has 45 heavy (non-hydrogen) atoms. The van der Waals surface area contributed by atoms with E-state index in [2.05, 4.69) is 6.92 Å². The van der Waals surface area contributed by atoms with Gasteiger partial charge in [0.15, 0.2) is 0 Å². The van der Waals surface area contributed by atoms with E-state index in [9.17, 15) is 24.3 Å². The molecule has 0 radical (unpaired) electrons. The highest BCUT2D eigenvalue weighted by molar-refractivity contribution is 5.95. The Bertz CT molecular complexity index is 1190. The molecule has 1 aliphatic heterocycles. The van der Waals surface area contributed by atoms with Gasteiger partial charge in [-0.2, -0.15) is 0 Å². The van der Waals surface area contributed by atoms with Crippen molar-refractivity contribution in [2.24, 2.45) is 51.8 Å². The first-order valence-electron chi connectivity index (χ1n) is 17.6. The van der Waals surface area contributed by atoms with E-state index in [1.54, 1.807) is 34.6 Å². The Labute approximate surface area is 267 Å². The maximum Gasteiger partial charge on any atom is 0.347 e. The summed E-state index contributed by atoms with van der Waals surface area (Å²) in [5, 5.41) is 11.3. The number of hydrogen-bond acceptors (Lipinski definition) is 9. The Hall–Kier alpha value is -2.16. The van der Waals surface area contributed by atoms with Gasteiger partial charge < -0.3 is 24.1 Å². The number of esters is 4. The van der Waals surface area contributed by atoms with Gasteiger partial charge in [0.2, 0.25) is 6.10 Å². The number of cyclic esters (lactones) is 1. The zero-order chi connectivity index (χ0) is 32.6. The third kappa shape index (κ3) is 5.04. The van der Waals surface area contributed by atoms with Crippen LogP contribution in [0.25, 0.3) is 0 Å². The molecule has 0 aromatic carbocycles. The average molecular weight is 631 g/mol. The molecule has 1 heterocycles. The van der Waals surface area contributed by atoms with Crippen molar-refractivity contribution in [3.63, 3.8) is 0 Å². The molecule has 7 aliphatic rings. The molecule has 252 valence electrons. The molecule has 9 heteroatoms.